The van der Waals surface area contributed by atoms with Crippen LogP contribution in [0.2, 0.25) is 0 Å². The van der Waals surface area contributed by atoms with Gasteiger partial charge in [-0.15, -0.1) is 0 Å². The zero-order valence-corrected chi connectivity index (χ0v) is 19.0. The van der Waals surface area contributed by atoms with Crippen molar-refractivity contribution in [3.8, 4) is 0 Å². The Bertz CT molecular complexity index is 873. The molecule has 0 aliphatic heterocycles. The molecule has 2 amide bonds. The second-order valence-corrected chi connectivity index (χ2v) is 9.42. The minimum atomic E-state index is -0.0692. The zero-order chi connectivity index (χ0) is 21.9. The highest BCUT2D eigenvalue weighted by Crippen LogP contribution is 2.29. The Morgan fingerprint density at radius 1 is 1.10 bits per heavy atom. The van der Waals surface area contributed by atoms with Gasteiger partial charge < -0.3 is 14.4 Å². The van der Waals surface area contributed by atoms with Crippen LogP contribution in [0.5, 0.6) is 0 Å². The van der Waals surface area contributed by atoms with Gasteiger partial charge in [-0.25, -0.2) is 0 Å². The van der Waals surface area contributed by atoms with Gasteiger partial charge in [0.25, 0.3) is 5.91 Å². The van der Waals surface area contributed by atoms with E-state index in [1.165, 1.54) is 5.56 Å². The molecule has 0 unspecified atom stereocenters. The standard InChI is InChI=1S/C25H35N3O2/c1-6-15-27(24(30)19-9-11-20(12-10-19)25(2,3)4)18-23(29)28(21-13-14-21)17-22-8-7-16-26(22)5/h7-12,16,21H,6,13-15,17-18H2,1-5H3. The fourth-order valence-electron chi connectivity index (χ4n) is 3.71. The van der Waals surface area contributed by atoms with Crippen LogP contribution in [0.15, 0.2) is 42.6 Å². The van der Waals surface area contributed by atoms with Gasteiger partial charge in [0.05, 0.1) is 6.54 Å². The molecule has 0 atom stereocenters. The van der Waals surface area contributed by atoms with Crippen molar-refractivity contribution >= 4 is 11.8 Å². The summed E-state index contributed by atoms with van der Waals surface area (Å²) in [4.78, 5) is 30.0. The summed E-state index contributed by atoms with van der Waals surface area (Å²) >= 11 is 0. The topological polar surface area (TPSA) is 45.6 Å². The average Bonchev–Trinajstić information content (AvgIpc) is 3.46. The van der Waals surface area contributed by atoms with E-state index in [-0.39, 0.29) is 23.8 Å². The summed E-state index contributed by atoms with van der Waals surface area (Å²) < 4.78 is 2.05. The van der Waals surface area contributed by atoms with Gasteiger partial charge >= 0.3 is 0 Å². The minimum absolute atomic E-state index is 0.0341. The van der Waals surface area contributed by atoms with Gasteiger partial charge in [0, 0.05) is 37.1 Å². The van der Waals surface area contributed by atoms with E-state index in [9.17, 15) is 9.59 Å². The Balaban J connectivity index is 1.72. The van der Waals surface area contributed by atoms with Gasteiger partial charge in [0.1, 0.15) is 6.54 Å². The largest absolute Gasteiger partial charge is 0.353 e. The molecule has 1 aromatic heterocycles. The highest BCUT2D eigenvalue weighted by Gasteiger charge is 2.34. The molecule has 5 nitrogen and oxygen atoms in total. The molecule has 1 fully saturated rings. The van der Waals surface area contributed by atoms with Crippen molar-refractivity contribution in [1.29, 1.82) is 0 Å². The highest BCUT2D eigenvalue weighted by atomic mass is 16.2. The Morgan fingerprint density at radius 2 is 1.77 bits per heavy atom. The molecule has 30 heavy (non-hydrogen) atoms. The van der Waals surface area contributed by atoms with Gasteiger partial charge in [-0.2, -0.15) is 0 Å². The first-order valence-corrected chi connectivity index (χ1v) is 11.0. The van der Waals surface area contributed by atoms with Crippen LogP contribution in [-0.4, -0.2) is 45.3 Å². The third-order valence-corrected chi connectivity index (χ3v) is 5.80. The van der Waals surface area contributed by atoms with Crippen molar-refractivity contribution < 1.29 is 9.59 Å². The van der Waals surface area contributed by atoms with Crippen LogP contribution in [-0.2, 0) is 23.8 Å². The summed E-state index contributed by atoms with van der Waals surface area (Å²) in [5.74, 6) is -0.0351. The van der Waals surface area contributed by atoms with Crippen LogP contribution in [0.1, 0.15) is 68.6 Å². The van der Waals surface area contributed by atoms with E-state index in [1.54, 1.807) is 4.90 Å². The first kappa shape index (κ1) is 22.1. The number of amides is 2. The van der Waals surface area contributed by atoms with Crippen LogP contribution in [0.25, 0.3) is 0 Å². The summed E-state index contributed by atoms with van der Waals surface area (Å²) in [5, 5.41) is 0. The third-order valence-electron chi connectivity index (χ3n) is 5.80. The Labute approximate surface area is 180 Å². The van der Waals surface area contributed by atoms with Crippen LogP contribution >= 0.6 is 0 Å². The molecule has 1 aromatic carbocycles. The first-order valence-electron chi connectivity index (χ1n) is 11.0. The molecule has 1 heterocycles. The van der Waals surface area contributed by atoms with E-state index in [0.29, 0.717) is 24.7 Å². The van der Waals surface area contributed by atoms with Crippen LogP contribution in [0.4, 0.5) is 0 Å². The van der Waals surface area contributed by atoms with Crippen molar-refractivity contribution in [3.05, 3.63) is 59.4 Å². The Hall–Kier alpha value is -2.56. The maximum Gasteiger partial charge on any atom is 0.254 e. The molecule has 5 heteroatoms. The van der Waals surface area contributed by atoms with Crippen LogP contribution in [0.3, 0.4) is 0 Å². The maximum atomic E-state index is 13.2. The lowest BCUT2D eigenvalue weighted by atomic mass is 9.86. The van der Waals surface area contributed by atoms with Gasteiger partial charge in [0.2, 0.25) is 5.91 Å². The van der Waals surface area contributed by atoms with Crippen LogP contribution in [0, 0.1) is 0 Å². The van der Waals surface area contributed by atoms with Crippen LogP contribution < -0.4 is 0 Å². The van der Waals surface area contributed by atoms with Crippen molar-refractivity contribution in [2.75, 3.05) is 13.1 Å². The normalized spacial score (nSPS) is 13.9. The molecular formula is C25H35N3O2. The molecule has 0 saturated heterocycles. The number of aryl methyl sites for hydroxylation is 1. The van der Waals surface area contributed by atoms with Crippen molar-refractivity contribution in [1.82, 2.24) is 14.4 Å². The van der Waals surface area contributed by atoms with E-state index in [2.05, 4.69) is 20.8 Å². The van der Waals surface area contributed by atoms with E-state index >= 15 is 0 Å². The Kier molecular flexibility index (Phi) is 6.69. The summed E-state index contributed by atoms with van der Waals surface area (Å²) in [5.41, 5.74) is 2.99. The summed E-state index contributed by atoms with van der Waals surface area (Å²) in [7, 11) is 2.00. The minimum Gasteiger partial charge on any atom is -0.353 e. The van der Waals surface area contributed by atoms with Gasteiger partial charge in [-0.05, 0) is 54.5 Å². The Morgan fingerprint density at radius 3 is 2.27 bits per heavy atom. The number of carbonyl (C=O) groups is 2. The van der Waals surface area contributed by atoms with E-state index in [4.69, 9.17) is 0 Å². The number of carbonyl (C=O) groups excluding carboxylic acids is 2. The van der Waals surface area contributed by atoms with E-state index in [0.717, 1.165) is 25.0 Å². The van der Waals surface area contributed by atoms with Crippen molar-refractivity contribution in [2.24, 2.45) is 7.05 Å². The SMILES string of the molecule is CCCN(CC(=O)N(Cc1cccn1C)C1CC1)C(=O)c1ccc(C(C)(C)C)cc1. The number of benzene rings is 1. The third kappa shape index (κ3) is 5.32. The molecule has 0 N–H and O–H groups in total. The smallest absolute Gasteiger partial charge is 0.254 e. The predicted molar refractivity (Wildman–Crippen MR) is 120 cm³/mol. The first-order chi connectivity index (χ1) is 14.2. The predicted octanol–water partition coefficient (Wildman–Crippen LogP) is 4.37. The lowest BCUT2D eigenvalue weighted by Gasteiger charge is -2.28. The van der Waals surface area contributed by atoms with E-state index in [1.807, 2.05) is 66.0 Å². The summed E-state index contributed by atoms with van der Waals surface area (Å²) in [6.45, 7) is 9.82. The lowest BCUT2D eigenvalue weighted by Crippen LogP contribution is -2.44. The number of hydrogen-bond acceptors (Lipinski definition) is 2. The molecule has 162 valence electrons. The van der Waals surface area contributed by atoms with Gasteiger partial charge in [0.15, 0.2) is 0 Å². The van der Waals surface area contributed by atoms with Gasteiger partial charge in [-0.3, -0.25) is 9.59 Å². The van der Waals surface area contributed by atoms with Crippen molar-refractivity contribution in [2.45, 2.75) is 65.0 Å². The van der Waals surface area contributed by atoms with E-state index < -0.39 is 0 Å². The quantitative estimate of drug-likeness (QED) is 0.650. The molecule has 2 aromatic rings. The molecule has 0 radical (unpaired) electrons. The lowest BCUT2D eigenvalue weighted by molar-refractivity contribution is -0.133. The summed E-state index contributed by atoms with van der Waals surface area (Å²) in [6, 6.07) is 12.2. The monoisotopic (exact) mass is 409 g/mol. The molecule has 3 rings (SSSR count). The molecule has 1 aliphatic rings. The summed E-state index contributed by atoms with van der Waals surface area (Å²) in [6.07, 6.45) is 4.91. The number of rotatable bonds is 8. The molecule has 0 bridgehead atoms. The molecule has 1 aliphatic carbocycles. The average molecular weight is 410 g/mol. The second kappa shape index (κ2) is 9.07. The van der Waals surface area contributed by atoms with Crippen molar-refractivity contribution in [3.63, 3.8) is 0 Å². The molecule has 0 spiro atoms. The number of aromatic nitrogens is 1. The maximum absolute atomic E-state index is 13.2. The van der Waals surface area contributed by atoms with Gasteiger partial charge in [-0.1, -0.05) is 39.8 Å². The fraction of sp³-hybridized carbons (Fsp3) is 0.520. The molecular weight excluding hydrogens is 374 g/mol. The second-order valence-electron chi connectivity index (χ2n) is 9.42. The zero-order valence-electron chi connectivity index (χ0n) is 19.0. The molecule has 1 saturated carbocycles. The number of nitrogens with zero attached hydrogens (tertiary/aromatic N) is 3. The highest BCUT2D eigenvalue weighted by molar-refractivity contribution is 5.96. The number of hydrogen-bond donors (Lipinski definition) is 0. The fourth-order valence-corrected chi connectivity index (χ4v) is 3.71.